The molecule has 1 aliphatic heterocycles. The van der Waals surface area contributed by atoms with Crippen LogP contribution >= 0.6 is 0 Å². The normalized spacial score (nSPS) is 27.2. The molecule has 2 N–H and O–H groups in total. The van der Waals surface area contributed by atoms with E-state index in [2.05, 4.69) is 5.32 Å². The SMILES string of the molecule is CCOC(=O)C1=C(N[C@H]2CC[C@H](O)CC2)OCC1=O. The molecule has 0 radical (unpaired) electrons. The van der Waals surface area contributed by atoms with Gasteiger partial charge in [0.2, 0.25) is 11.7 Å². The van der Waals surface area contributed by atoms with Crippen molar-refractivity contribution in [3.63, 3.8) is 0 Å². The molecule has 0 aromatic heterocycles. The minimum atomic E-state index is -0.636. The first kappa shape index (κ1) is 13.9. The third kappa shape index (κ3) is 3.26. The smallest absolute Gasteiger partial charge is 0.347 e. The van der Waals surface area contributed by atoms with Crippen molar-refractivity contribution in [1.29, 1.82) is 0 Å². The molecule has 2 aliphatic rings. The predicted molar refractivity (Wildman–Crippen MR) is 66.0 cm³/mol. The Hall–Kier alpha value is -1.56. The second-order valence-electron chi connectivity index (χ2n) is 4.79. The Kier molecular flexibility index (Phi) is 4.42. The van der Waals surface area contributed by atoms with Crippen LogP contribution in [0.3, 0.4) is 0 Å². The Labute approximate surface area is 111 Å². The number of nitrogens with one attached hydrogen (secondary N) is 1. The summed E-state index contributed by atoms with van der Waals surface area (Å²) >= 11 is 0. The molecule has 1 saturated carbocycles. The number of carbonyl (C=O) groups is 2. The van der Waals surface area contributed by atoms with E-state index in [9.17, 15) is 14.7 Å². The number of rotatable bonds is 4. The lowest BCUT2D eigenvalue weighted by Crippen LogP contribution is -2.35. The molecule has 0 aromatic carbocycles. The highest BCUT2D eigenvalue weighted by Crippen LogP contribution is 2.22. The number of carbonyl (C=O) groups excluding carboxylic acids is 2. The number of aliphatic hydroxyl groups excluding tert-OH is 1. The molecular weight excluding hydrogens is 250 g/mol. The average Bonchev–Trinajstić information content (AvgIpc) is 2.74. The maximum absolute atomic E-state index is 11.7. The molecule has 1 aliphatic carbocycles. The highest BCUT2D eigenvalue weighted by Gasteiger charge is 2.33. The van der Waals surface area contributed by atoms with E-state index in [1.807, 2.05) is 0 Å². The Morgan fingerprint density at radius 2 is 2.11 bits per heavy atom. The van der Waals surface area contributed by atoms with Crippen LogP contribution in [-0.4, -0.2) is 42.2 Å². The van der Waals surface area contributed by atoms with Crippen LogP contribution < -0.4 is 5.32 Å². The van der Waals surface area contributed by atoms with Crippen LogP contribution in [0, 0.1) is 0 Å². The van der Waals surface area contributed by atoms with Gasteiger partial charge in [-0.25, -0.2) is 4.79 Å². The van der Waals surface area contributed by atoms with Gasteiger partial charge in [-0.1, -0.05) is 0 Å². The van der Waals surface area contributed by atoms with Gasteiger partial charge in [0.25, 0.3) is 0 Å². The maximum atomic E-state index is 11.7. The van der Waals surface area contributed by atoms with Gasteiger partial charge in [-0.05, 0) is 32.6 Å². The zero-order valence-corrected chi connectivity index (χ0v) is 11.0. The fourth-order valence-electron chi connectivity index (χ4n) is 2.34. The fourth-order valence-corrected chi connectivity index (χ4v) is 2.34. The third-order valence-corrected chi connectivity index (χ3v) is 3.36. The van der Waals surface area contributed by atoms with Gasteiger partial charge < -0.3 is 19.9 Å². The summed E-state index contributed by atoms with van der Waals surface area (Å²) in [6.45, 7) is 1.79. The van der Waals surface area contributed by atoms with Crippen LogP contribution in [0.2, 0.25) is 0 Å². The van der Waals surface area contributed by atoms with Gasteiger partial charge in [-0.15, -0.1) is 0 Å². The first-order valence-electron chi connectivity index (χ1n) is 6.63. The first-order valence-corrected chi connectivity index (χ1v) is 6.63. The molecule has 106 valence electrons. The molecule has 0 atom stereocenters. The Balaban J connectivity index is 2.03. The average molecular weight is 269 g/mol. The van der Waals surface area contributed by atoms with Crippen LogP contribution in [0.5, 0.6) is 0 Å². The number of aliphatic hydroxyl groups is 1. The van der Waals surface area contributed by atoms with Crippen LogP contribution in [0.1, 0.15) is 32.6 Å². The number of hydrogen-bond donors (Lipinski definition) is 2. The molecule has 0 saturated heterocycles. The summed E-state index contributed by atoms with van der Waals surface area (Å²) in [5.74, 6) is -0.759. The van der Waals surface area contributed by atoms with Crippen LogP contribution in [0.25, 0.3) is 0 Å². The molecule has 0 bridgehead atoms. The number of esters is 1. The highest BCUT2D eigenvalue weighted by atomic mass is 16.5. The summed E-state index contributed by atoms with van der Waals surface area (Å²) in [6, 6.07) is 0.119. The molecule has 2 rings (SSSR count). The summed E-state index contributed by atoms with van der Waals surface area (Å²) in [7, 11) is 0. The maximum Gasteiger partial charge on any atom is 0.347 e. The summed E-state index contributed by atoms with van der Waals surface area (Å²) in [6.07, 6.45) is 2.76. The monoisotopic (exact) mass is 269 g/mol. The van der Waals surface area contributed by atoms with E-state index >= 15 is 0 Å². The highest BCUT2D eigenvalue weighted by molar-refractivity contribution is 6.19. The van der Waals surface area contributed by atoms with Crippen molar-refractivity contribution in [3.8, 4) is 0 Å². The quantitative estimate of drug-likeness (QED) is 0.562. The van der Waals surface area contributed by atoms with Gasteiger partial charge >= 0.3 is 5.97 Å². The van der Waals surface area contributed by atoms with Crippen molar-refractivity contribution in [2.75, 3.05) is 13.2 Å². The first-order chi connectivity index (χ1) is 9.11. The molecule has 6 heteroatoms. The van der Waals surface area contributed by atoms with Crippen molar-refractivity contribution >= 4 is 11.8 Å². The molecular formula is C13H19NO5. The number of ether oxygens (including phenoxy) is 2. The third-order valence-electron chi connectivity index (χ3n) is 3.36. The summed E-state index contributed by atoms with van der Waals surface area (Å²) < 4.78 is 10.1. The molecule has 0 unspecified atom stereocenters. The van der Waals surface area contributed by atoms with Crippen molar-refractivity contribution in [1.82, 2.24) is 5.32 Å². The Morgan fingerprint density at radius 3 is 2.74 bits per heavy atom. The van der Waals surface area contributed by atoms with Crippen molar-refractivity contribution in [2.45, 2.75) is 44.8 Å². The molecule has 1 fully saturated rings. The Bertz CT molecular complexity index is 396. The van der Waals surface area contributed by atoms with E-state index in [-0.39, 0.29) is 42.6 Å². The molecule has 6 nitrogen and oxygen atoms in total. The van der Waals surface area contributed by atoms with E-state index in [1.165, 1.54) is 0 Å². The van der Waals surface area contributed by atoms with Gasteiger partial charge in [0.05, 0.1) is 12.7 Å². The lowest BCUT2D eigenvalue weighted by molar-refractivity contribution is -0.139. The summed E-state index contributed by atoms with van der Waals surface area (Å²) in [4.78, 5) is 23.3. The van der Waals surface area contributed by atoms with Crippen LogP contribution in [0.15, 0.2) is 11.5 Å². The zero-order chi connectivity index (χ0) is 13.8. The van der Waals surface area contributed by atoms with E-state index in [4.69, 9.17) is 9.47 Å². The van der Waals surface area contributed by atoms with Gasteiger partial charge in [0, 0.05) is 6.04 Å². The zero-order valence-electron chi connectivity index (χ0n) is 11.0. The summed E-state index contributed by atoms with van der Waals surface area (Å²) in [5.41, 5.74) is -0.0204. The lowest BCUT2D eigenvalue weighted by Gasteiger charge is -2.27. The standard InChI is InChI=1S/C13H19NO5/c1-2-18-13(17)11-10(16)7-19-12(11)14-8-3-5-9(15)6-4-8/h8-9,14-15H,2-7H2,1H3/t8-,9-. The molecule has 1 heterocycles. The summed E-state index contributed by atoms with van der Waals surface area (Å²) in [5, 5.41) is 12.5. The minimum absolute atomic E-state index is 0.0204. The molecule has 0 spiro atoms. The predicted octanol–water partition coefficient (Wildman–Crippen LogP) is 0.253. The van der Waals surface area contributed by atoms with E-state index < -0.39 is 5.97 Å². The fraction of sp³-hybridized carbons (Fsp3) is 0.692. The largest absolute Gasteiger partial charge is 0.470 e. The second-order valence-corrected chi connectivity index (χ2v) is 4.79. The van der Waals surface area contributed by atoms with Crippen molar-refractivity contribution < 1.29 is 24.2 Å². The van der Waals surface area contributed by atoms with E-state index in [0.29, 0.717) is 12.8 Å². The van der Waals surface area contributed by atoms with Crippen LogP contribution in [0.4, 0.5) is 0 Å². The lowest BCUT2D eigenvalue weighted by atomic mass is 9.93. The molecule has 0 aromatic rings. The molecule has 0 amide bonds. The van der Waals surface area contributed by atoms with Gasteiger partial charge in [-0.2, -0.15) is 0 Å². The van der Waals surface area contributed by atoms with E-state index in [1.54, 1.807) is 6.92 Å². The van der Waals surface area contributed by atoms with Gasteiger partial charge in [0.1, 0.15) is 0 Å². The second kappa shape index (κ2) is 6.06. The molecule has 19 heavy (non-hydrogen) atoms. The van der Waals surface area contributed by atoms with Crippen molar-refractivity contribution in [3.05, 3.63) is 11.5 Å². The number of Topliss-reactive ketones (excluding diaryl/α,β-unsaturated/α-hetero) is 1. The number of ketones is 1. The van der Waals surface area contributed by atoms with Gasteiger partial charge in [0.15, 0.2) is 12.2 Å². The number of hydrogen-bond acceptors (Lipinski definition) is 6. The van der Waals surface area contributed by atoms with Crippen LogP contribution in [-0.2, 0) is 19.1 Å². The minimum Gasteiger partial charge on any atom is -0.470 e. The van der Waals surface area contributed by atoms with Crippen molar-refractivity contribution in [2.24, 2.45) is 0 Å². The van der Waals surface area contributed by atoms with Gasteiger partial charge in [-0.3, -0.25) is 4.79 Å². The Morgan fingerprint density at radius 1 is 1.42 bits per heavy atom. The van der Waals surface area contributed by atoms with E-state index in [0.717, 1.165) is 12.8 Å². The topological polar surface area (TPSA) is 84.9 Å².